The van der Waals surface area contributed by atoms with E-state index >= 15 is 0 Å². The molecule has 3 heterocycles. The summed E-state index contributed by atoms with van der Waals surface area (Å²) in [6.45, 7) is 8.37. The molecule has 0 spiro atoms. The molecule has 30 heavy (non-hydrogen) atoms. The van der Waals surface area contributed by atoms with Crippen molar-refractivity contribution in [2.75, 3.05) is 24.5 Å². The van der Waals surface area contributed by atoms with Crippen LogP contribution in [-0.2, 0) is 0 Å². The number of aromatic nitrogens is 1. The maximum absolute atomic E-state index is 13.2. The first kappa shape index (κ1) is 18.7. The van der Waals surface area contributed by atoms with E-state index in [0.29, 0.717) is 18.8 Å². The van der Waals surface area contributed by atoms with Gasteiger partial charge in [-0.2, -0.15) is 0 Å². The lowest BCUT2D eigenvalue weighted by Crippen LogP contribution is -2.53. The SMILES string of the molecule is Cc1ccc(N2CCN(C(=O)c3cc4c(C)nc5ccccc5c4o3)CC2C)cc1. The molecule has 1 aliphatic rings. The lowest BCUT2D eigenvalue weighted by atomic mass is 10.1. The van der Waals surface area contributed by atoms with E-state index in [2.05, 4.69) is 48.0 Å². The molecule has 0 radical (unpaired) electrons. The van der Waals surface area contributed by atoms with Crippen molar-refractivity contribution in [2.24, 2.45) is 0 Å². The van der Waals surface area contributed by atoms with Gasteiger partial charge in [-0.05, 0) is 51.1 Å². The van der Waals surface area contributed by atoms with Crippen molar-refractivity contribution in [3.05, 3.63) is 71.6 Å². The molecule has 5 nitrogen and oxygen atoms in total. The van der Waals surface area contributed by atoms with Crippen LogP contribution in [0.25, 0.3) is 21.9 Å². The number of amides is 1. The molecule has 152 valence electrons. The summed E-state index contributed by atoms with van der Waals surface area (Å²) in [5.41, 5.74) is 4.97. The quantitative estimate of drug-likeness (QED) is 0.479. The molecule has 1 saturated heterocycles. The summed E-state index contributed by atoms with van der Waals surface area (Å²) >= 11 is 0. The molecular formula is C25H25N3O2. The maximum atomic E-state index is 13.2. The highest BCUT2D eigenvalue weighted by Crippen LogP contribution is 2.30. The molecule has 0 aliphatic carbocycles. The number of piperazine rings is 1. The van der Waals surface area contributed by atoms with Gasteiger partial charge in [0, 0.05) is 47.8 Å². The normalized spacial score (nSPS) is 17.1. The van der Waals surface area contributed by atoms with Crippen molar-refractivity contribution in [1.29, 1.82) is 0 Å². The fraction of sp³-hybridized carbons (Fsp3) is 0.280. The number of carbonyl (C=O) groups is 1. The van der Waals surface area contributed by atoms with Crippen molar-refractivity contribution in [3.8, 4) is 0 Å². The highest BCUT2D eigenvalue weighted by atomic mass is 16.3. The molecule has 0 N–H and O–H groups in total. The van der Waals surface area contributed by atoms with Gasteiger partial charge >= 0.3 is 0 Å². The van der Waals surface area contributed by atoms with E-state index in [1.54, 1.807) is 0 Å². The minimum atomic E-state index is -0.0508. The molecule has 5 rings (SSSR count). The van der Waals surface area contributed by atoms with Crippen LogP contribution in [0.5, 0.6) is 0 Å². The first-order chi connectivity index (χ1) is 14.5. The Morgan fingerprint density at radius 1 is 1.03 bits per heavy atom. The van der Waals surface area contributed by atoms with Crippen LogP contribution < -0.4 is 4.90 Å². The summed E-state index contributed by atoms with van der Waals surface area (Å²) in [7, 11) is 0. The zero-order valence-electron chi connectivity index (χ0n) is 17.6. The predicted octanol–water partition coefficient (Wildman–Crippen LogP) is 4.95. The highest BCUT2D eigenvalue weighted by molar-refractivity contribution is 6.06. The zero-order valence-corrected chi connectivity index (χ0v) is 17.6. The van der Waals surface area contributed by atoms with Crippen molar-refractivity contribution < 1.29 is 9.21 Å². The fourth-order valence-electron chi connectivity index (χ4n) is 4.39. The Bertz CT molecular complexity index is 1240. The minimum absolute atomic E-state index is 0.0508. The molecule has 2 aromatic heterocycles. The number of hydrogen-bond acceptors (Lipinski definition) is 4. The molecule has 1 atom stereocenters. The van der Waals surface area contributed by atoms with E-state index < -0.39 is 0 Å². The number of carbonyl (C=O) groups excluding carboxylic acids is 1. The minimum Gasteiger partial charge on any atom is -0.450 e. The smallest absolute Gasteiger partial charge is 0.289 e. The van der Waals surface area contributed by atoms with E-state index in [4.69, 9.17) is 4.42 Å². The van der Waals surface area contributed by atoms with Crippen molar-refractivity contribution in [2.45, 2.75) is 26.8 Å². The highest BCUT2D eigenvalue weighted by Gasteiger charge is 2.29. The van der Waals surface area contributed by atoms with Crippen LogP contribution in [0.3, 0.4) is 0 Å². The van der Waals surface area contributed by atoms with Crippen molar-refractivity contribution in [1.82, 2.24) is 9.88 Å². The van der Waals surface area contributed by atoms with E-state index in [1.165, 1.54) is 11.3 Å². The Labute approximate surface area is 175 Å². The Balaban J connectivity index is 1.41. The first-order valence-corrected chi connectivity index (χ1v) is 10.4. The van der Waals surface area contributed by atoms with Crippen LogP contribution in [0.1, 0.15) is 28.7 Å². The number of pyridine rings is 1. The average molecular weight is 399 g/mol. The second-order valence-corrected chi connectivity index (χ2v) is 8.20. The van der Waals surface area contributed by atoms with E-state index in [-0.39, 0.29) is 11.9 Å². The van der Waals surface area contributed by atoms with Crippen LogP contribution in [0.4, 0.5) is 5.69 Å². The van der Waals surface area contributed by atoms with Crippen LogP contribution >= 0.6 is 0 Å². The van der Waals surface area contributed by atoms with Gasteiger partial charge in [0.05, 0.1) is 5.52 Å². The molecule has 1 aliphatic heterocycles. The van der Waals surface area contributed by atoms with Gasteiger partial charge in [-0.3, -0.25) is 9.78 Å². The second-order valence-electron chi connectivity index (χ2n) is 8.20. The van der Waals surface area contributed by atoms with Crippen LogP contribution in [-0.4, -0.2) is 41.5 Å². The maximum Gasteiger partial charge on any atom is 0.289 e. The molecule has 5 heteroatoms. The van der Waals surface area contributed by atoms with Gasteiger partial charge < -0.3 is 14.2 Å². The Hall–Kier alpha value is -3.34. The van der Waals surface area contributed by atoms with E-state index in [1.807, 2.05) is 42.2 Å². The topological polar surface area (TPSA) is 49.6 Å². The van der Waals surface area contributed by atoms with Crippen LogP contribution in [0, 0.1) is 13.8 Å². The third-order valence-corrected chi connectivity index (χ3v) is 6.05. The molecule has 1 amide bonds. The number of para-hydroxylation sites is 1. The van der Waals surface area contributed by atoms with Gasteiger partial charge in [-0.25, -0.2) is 0 Å². The Morgan fingerprint density at radius 3 is 2.57 bits per heavy atom. The van der Waals surface area contributed by atoms with Crippen LogP contribution in [0.15, 0.2) is 59.0 Å². The summed E-state index contributed by atoms with van der Waals surface area (Å²) in [6, 6.07) is 18.6. The monoisotopic (exact) mass is 399 g/mol. The zero-order chi connectivity index (χ0) is 20.8. The molecule has 1 unspecified atom stereocenters. The number of hydrogen-bond donors (Lipinski definition) is 0. The third kappa shape index (κ3) is 3.11. The molecule has 4 aromatic rings. The van der Waals surface area contributed by atoms with Gasteiger partial charge in [-0.15, -0.1) is 0 Å². The standard InChI is InChI=1S/C25H25N3O2/c1-16-8-10-19(11-9-16)28-13-12-27(15-17(28)2)25(29)23-14-21-18(3)26-22-7-5-4-6-20(22)24(21)30-23/h4-11,14,17H,12-13,15H2,1-3H3. The molecule has 1 fully saturated rings. The summed E-state index contributed by atoms with van der Waals surface area (Å²) in [4.78, 5) is 22.2. The van der Waals surface area contributed by atoms with Crippen molar-refractivity contribution >= 4 is 33.5 Å². The number of rotatable bonds is 2. The Kier molecular flexibility index (Phi) is 4.46. The summed E-state index contributed by atoms with van der Waals surface area (Å²) in [6.07, 6.45) is 0. The predicted molar refractivity (Wildman–Crippen MR) is 120 cm³/mol. The van der Waals surface area contributed by atoms with Gasteiger partial charge in [-0.1, -0.05) is 29.8 Å². The number of benzene rings is 2. The largest absolute Gasteiger partial charge is 0.450 e. The van der Waals surface area contributed by atoms with Gasteiger partial charge in [0.25, 0.3) is 5.91 Å². The van der Waals surface area contributed by atoms with Gasteiger partial charge in [0.15, 0.2) is 5.76 Å². The molecule has 0 bridgehead atoms. The van der Waals surface area contributed by atoms with Crippen LogP contribution in [0.2, 0.25) is 0 Å². The number of aryl methyl sites for hydroxylation is 2. The first-order valence-electron chi connectivity index (χ1n) is 10.4. The number of furan rings is 1. The average Bonchev–Trinajstić information content (AvgIpc) is 3.20. The number of fused-ring (bicyclic) bond motifs is 3. The molecule has 0 saturated carbocycles. The lowest BCUT2D eigenvalue weighted by Gasteiger charge is -2.41. The van der Waals surface area contributed by atoms with E-state index in [9.17, 15) is 4.79 Å². The van der Waals surface area contributed by atoms with Gasteiger partial charge in [0.2, 0.25) is 0 Å². The number of anilines is 1. The van der Waals surface area contributed by atoms with Gasteiger partial charge in [0.1, 0.15) is 5.58 Å². The summed E-state index contributed by atoms with van der Waals surface area (Å²) < 4.78 is 6.09. The Morgan fingerprint density at radius 2 is 1.80 bits per heavy atom. The number of nitrogens with zero attached hydrogens (tertiary/aromatic N) is 3. The molecule has 2 aromatic carbocycles. The second kappa shape index (κ2) is 7.17. The van der Waals surface area contributed by atoms with E-state index in [0.717, 1.165) is 34.1 Å². The van der Waals surface area contributed by atoms with Crippen molar-refractivity contribution in [3.63, 3.8) is 0 Å². The lowest BCUT2D eigenvalue weighted by molar-refractivity contribution is 0.0697. The fourth-order valence-corrected chi connectivity index (χ4v) is 4.39. The molecular weight excluding hydrogens is 374 g/mol. The third-order valence-electron chi connectivity index (χ3n) is 6.05. The summed E-state index contributed by atoms with van der Waals surface area (Å²) in [5.74, 6) is 0.340. The summed E-state index contributed by atoms with van der Waals surface area (Å²) in [5, 5.41) is 1.85.